The highest BCUT2D eigenvalue weighted by atomic mass is 35.5. The molecule has 0 spiro atoms. The average molecular weight is 438 g/mol. The van der Waals surface area contributed by atoms with Gasteiger partial charge in [-0.05, 0) is 49.8 Å². The van der Waals surface area contributed by atoms with Crippen LogP contribution in [0.1, 0.15) is 12.2 Å². The van der Waals surface area contributed by atoms with Crippen LogP contribution in [0, 0.1) is 0 Å². The molecule has 152 valence electrons. The Morgan fingerprint density at radius 3 is 2.63 bits per heavy atom. The highest BCUT2D eigenvalue weighted by Gasteiger charge is 2.10. The van der Waals surface area contributed by atoms with Gasteiger partial charge in [0.15, 0.2) is 0 Å². The Bertz CT molecular complexity index is 676. The lowest BCUT2D eigenvalue weighted by Crippen LogP contribution is -2.37. The Kier molecular flexibility index (Phi) is 11.1. The standard InChI is InChI=1S/C19H25ClN2O3.2ClH/c1-23-19-5-3-15(13-17(19)20)18-6-4-16(25-18)14-21-7-2-8-22-9-11-24-12-10-22;;/h3-6,13,21H,2,7-12,14H2,1H3;2*1H. The van der Waals surface area contributed by atoms with Crippen molar-refractivity contribution in [2.75, 3.05) is 46.5 Å². The fraction of sp³-hybridized carbons (Fsp3) is 0.474. The lowest BCUT2D eigenvalue weighted by Gasteiger charge is -2.26. The number of hydrogen-bond acceptors (Lipinski definition) is 5. The molecule has 1 saturated heterocycles. The first-order valence-corrected chi connectivity index (χ1v) is 9.07. The number of nitrogens with zero attached hydrogens (tertiary/aromatic N) is 1. The SMILES string of the molecule is COc1ccc(-c2ccc(CNCCCN3CCOCC3)o2)cc1Cl.Cl.Cl. The molecule has 1 aromatic carbocycles. The number of nitrogens with one attached hydrogen (secondary N) is 1. The van der Waals surface area contributed by atoms with Crippen LogP contribution < -0.4 is 10.1 Å². The minimum atomic E-state index is 0. The van der Waals surface area contributed by atoms with Gasteiger partial charge in [-0.3, -0.25) is 4.90 Å². The van der Waals surface area contributed by atoms with E-state index in [1.54, 1.807) is 7.11 Å². The second-order valence-electron chi connectivity index (χ2n) is 6.10. The van der Waals surface area contributed by atoms with E-state index in [0.29, 0.717) is 10.8 Å². The molecule has 27 heavy (non-hydrogen) atoms. The van der Waals surface area contributed by atoms with Crippen molar-refractivity contribution >= 4 is 36.4 Å². The summed E-state index contributed by atoms with van der Waals surface area (Å²) in [5, 5.41) is 4.02. The van der Waals surface area contributed by atoms with E-state index in [2.05, 4.69) is 10.2 Å². The summed E-state index contributed by atoms with van der Waals surface area (Å²) >= 11 is 6.18. The summed E-state index contributed by atoms with van der Waals surface area (Å²) in [4.78, 5) is 2.45. The first kappa shape index (κ1) is 24.1. The van der Waals surface area contributed by atoms with Gasteiger partial charge in [0.25, 0.3) is 0 Å². The normalized spacial score (nSPS) is 14.3. The number of furan rings is 1. The van der Waals surface area contributed by atoms with Crippen LogP contribution in [0.25, 0.3) is 11.3 Å². The van der Waals surface area contributed by atoms with Gasteiger partial charge in [-0.2, -0.15) is 0 Å². The maximum atomic E-state index is 6.18. The summed E-state index contributed by atoms with van der Waals surface area (Å²) < 4.78 is 16.4. The molecule has 1 aliphatic rings. The van der Waals surface area contributed by atoms with E-state index in [1.165, 1.54) is 0 Å². The molecule has 0 saturated carbocycles. The van der Waals surface area contributed by atoms with E-state index in [9.17, 15) is 0 Å². The first-order valence-electron chi connectivity index (χ1n) is 8.70. The quantitative estimate of drug-likeness (QED) is 0.625. The second-order valence-corrected chi connectivity index (χ2v) is 6.51. The molecule has 3 rings (SSSR count). The maximum absolute atomic E-state index is 6.18. The number of ether oxygens (including phenoxy) is 2. The minimum absolute atomic E-state index is 0. The van der Waals surface area contributed by atoms with Crippen molar-refractivity contribution in [1.29, 1.82) is 0 Å². The molecule has 5 nitrogen and oxygen atoms in total. The van der Waals surface area contributed by atoms with Crippen molar-refractivity contribution in [3.05, 3.63) is 41.1 Å². The van der Waals surface area contributed by atoms with Crippen LogP contribution in [0.3, 0.4) is 0 Å². The summed E-state index contributed by atoms with van der Waals surface area (Å²) in [5.74, 6) is 2.40. The molecule has 0 bridgehead atoms. The van der Waals surface area contributed by atoms with E-state index in [1.807, 2.05) is 30.3 Å². The predicted molar refractivity (Wildman–Crippen MR) is 114 cm³/mol. The molecule has 0 unspecified atom stereocenters. The molecule has 1 aliphatic heterocycles. The Labute approximate surface area is 178 Å². The molecule has 1 aromatic heterocycles. The van der Waals surface area contributed by atoms with Crippen LogP contribution in [0.4, 0.5) is 0 Å². The molecule has 2 heterocycles. The van der Waals surface area contributed by atoms with Crippen molar-refractivity contribution in [3.63, 3.8) is 0 Å². The lowest BCUT2D eigenvalue weighted by atomic mass is 10.2. The number of morpholine rings is 1. The van der Waals surface area contributed by atoms with Gasteiger partial charge in [0.1, 0.15) is 17.3 Å². The van der Waals surface area contributed by atoms with Crippen LogP contribution in [0.2, 0.25) is 5.02 Å². The van der Waals surface area contributed by atoms with Gasteiger partial charge in [-0.25, -0.2) is 0 Å². The monoisotopic (exact) mass is 436 g/mol. The summed E-state index contributed by atoms with van der Waals surface area (Å²) in [6.45, 7) is 6.63. The van der Waals surface area contributed by atoms with Gasteiger partial charge < -0.3 is 19.2 Å². The zero-order valence-electron chi connectivity index (χ0n) is 15.4. The van der Waals surface area contributed by atoms with Gasteiger partial charge in [0, 0.05) is 18.7 Å². The van der Waals surface area contributed by atoms with Gasteiger partial charge in [0.2, 0.25) is 0 Å². The van der Waals surface area contributed by atoms with E-state index in [0.717, 1.165) is 69.4 Å². The molecular weight excluding hydrogens is 411 g/mol. The molecule has 1 N–H and O–H groups in total. The maximum Gasteiger partial charge on any atom is 0.137 e. The molecular formula is C19H27Cl3N2O3. The topological polar surface area (TPSA) is 46.9 Å². The lowest BCUT2D eigenvalue weighted by molar-refractivity contribution is 0.0374. The molecule has 2 aromatic rings. The number of hydrogen-bond donors (Lipinski definition) is 1. The first-order chi connectivity index (χ1) is 12.3. The Morgan fingerprint density at radius 1 is 1.15 bits per heavy atom. The third-order valence-electron chi connectivity index (χ3n) is 4.33. The van der Waals surface area contributed by atoms with Crippen LogP contribution in [-0.4, -0.2) is 51.4 Å². The van der Waals surface area contributed by atoms with Crippen molar-refractivity contribution in [1.82, 2.24) is 10.2 Å². The number of benzene rings is 1. The third kappa shape index (κ3) is 7.18. The van der Waals surface area contributed by atoms with E-state index < -0.39 is 0 Å². The van der Waals surface area contributed by atoms with Crippen LogP contribution in [-0.2, 0) is 11.3 Å². The molecule has 0 radical (unpaired) electrons. The van der Waals surface area contributed by atoms with Crippen LogP contribution >= 0.6 is 36.4 Å². The Balaban J connectivity index is 0.00000182. The smallest absolute Gasteiger partial charge is 0.137 e. The van der Waals surface area contributed by atoms with Gasteiger partial charge in [-0.15, -0.1) is 24.8 Å². The van der Waals surface area contributed by atoms with Crippen LogP contribution in [0.15, 0.2) is 34.7 Å². The second kappa shape index (κ2) is 12.5. The van der Waals surface area contributed by atoms with Crippen molar-refractivity contribution in [2.24, 2.45) is 0 Å². The van der Waals surface area contributed by atoms with Crippen molar-refractivity contribution in [2.45, 2.75) is 13.0 Å². The summed E-state index contributed by atoms with van der Waals surface area (Å²) in [6, 6.07) is 9.64. The number of methoxy groups -OCH3 is 1. The van der Waals surface area contributed by atoms with E-state index in [4.69, 9.17) is 25.5 Å². The number of halogens is 3. The van der Waals surface area contributed by atoms with Gasteiger partial charge >= 0.3 is 0 Å². The fourth-order valence-electron chi connectivity index (χ4n) is 2.91. The molecule has 8 heteroatoms. The van der Waals surface area contributed by atoms with E-state index in [-0.39, 0.29) is 24.8 Å². The summed E-state index contributed by atoms with van der Waals surface area (Å²) in [5.41, 5.74) is 0.948. The average Bonchev–Trinajstić information content (AvgIpc) is 3.11. The van der Waals surface area contributed by atoms with Crippen LogP contribution in [0.5, 0.6) is 5.75 Å². The zero-order chi connectivity index (χ0) is 17.5. The summed E-state index contributed by atoms with van der Waals surface area (Å²) in [7, 11) is 1.61. The minimum Gasteiger partial charge on any atom is -0.495 e. The molecule has 0 aliphatic carbocycles. The zero-order valence-corrected chi connectivity index (χ0v) is 17.8. The Morgan fingerprint density at radius 2 is 1.93 bits per heavy atom. The van der Waals surface area contributed by atoms with E-state index >= 15 is 0 Å². The highest BCUT2D eigenvalue weighted by Crippen LogP contribution is 2.31. The molecule has 1 fully saturated rings. The van der Waals surface area contributed by atoms with Gasteiger partial charge in [-0.1, -0.05) is 11.6 Å². The van der Waals surface area contributed by atoms with Crippen molar-refractivity contribution in [3.8, 4) is 17.1 Å². The van der Waals surface area contributed by atoms with Gasteiger partial charge in [0.05, 0.1) is 31.9 Å². The highest BCUT2D eigenvalue weighted by molar-refractivity contribution is 6.32. The molecule has 0 atom stereocenters. The number of rotatable bonds is 8. The summed E-state index contributed by atoms with van der Waals surface area (Å²) in [6.07, 6.45) is 1.13. The van der Waals surface area contributed by atoms with Crippen molar-refractivity contribution < 1.29 is 13.9 Å². The fourth-order valence-corrected chi connectivity index (χ4v) is 3.17. The predicted octanol–water partition coefficient (Wildman–Crippen LogP) is 4.26. The largest absolute Gasteiger partial charge is 0.495 e. The Hall–Kier alpha value is -0.950. The third-order valence-corrected chi connectivity index (χ3v) is 4.62. The molecule has 0 amide bonds.